The monoisotopic (exact) mass is 535 g/mol. The van der Waals surface area contributed by atoms with Crippen molar-refractivity contribution in [1.82, 2.24) is 5.16 Å². The van der Waals surface area contributed by atoms with Crippen LogP contribution in [0.5, 0.6) is 5.75 Å². The Morgan fingerprint density at radius 1 is 1.24 bits per heavy atom. The van der Waals surface area contributed by atoms with E-state index in [0.29, 0.717) is 28.7 Å². The average Bonchev–Trinajstić information content (AvgIpc) is 3.54. The fourth-order valence-electron chi connectivity index (χ4n) is 5.41. The van der Waals surface area contributed by atoms with Crippen molar-refractivity contribution in [2.45, 2.75) is 51.9 Å². The Kier molecular flexibility index (Phi) is 8.16. The average molecular weight is 536 g/mol. The molecule has 1 atom stereocenters. The molecule has 0 bridgehead atoms. The number of hydrogen-bond donors (Lipinski definition) is 1. The van der Waals surface area contributed by atoms with E-state index in [4.69, 9.17) is 9.26 Å². The van der Waals surface area contributed by atoms with E-state index in [1.54, 1.807) is 19.2 Å². The number of ether oxygens (including phenoxy) is 1. The lowest BCUT2D eigenvalue weighted by Crippen LogP contribution is -2.10. The number of carboxylic acids is 1. The molecule has 2 aliphatic rings. The summed E-state index contributed by atoms with van der Waals surface area (Å²) in [6, 6.07) is 12.6. The van der Waals surface area contributed by atoms with Crippen LogP contribution in [0.25, 0.3) is 29.0 Å². The van der Waals surface area contributed by atoms with Crippen molar-refractivity contribution in [3.05, 3.63) is 76.8 Å². The Morgan fingerprint density at radius 3 is 2.68 bits per heavy atom. The number of carbonyl (C=O) groups is 1. The maximum atomic E-state index is 15.0. The summed E-state index contributed by atoms with van der Waals surface area (Å²) in [5.41, 5.74) is 4.57. The number of methoxy groups -OCH3 is 1. The summed E-state index contributed by atoms with van der Waals surface area (Å²) < 4.78 is 26.1. The van der Waals surface area contributed by atoms with Gasteiger partial charge in [0.15, 0.2) is 5.76 Å². The van der Waals surface area contributed by atoms with Crippen LogP contribution >= 0.6 is 13.5 Å². The molecule has 7 heteroatoms. The van der Waals surface area contributed by atoms with E-state index in [1.165, 1.54) is 6.07 Å². The van der Waals surface area contributed by atoms with E-state index in [2.05, 4.69) is 31.1 Å². The quantitative estimate of drug-likeness (QED) is 0.301. The zero-order valence-corrected chi connectivity index (χ0v) is 23.0. The number of aliphatic carboxylic acids is 1. The van der Waals surface area contributed by atoms with Crippen LogP contribution in [0.1, 0.15) is 74.3 Å². The Hall–Kier alpha value is -3.32. The number of rotatable bonds is 9. The van der Waals surface area contributed by atoms with Gasteiger partial charge < -0.3 is 14.4 Å². The zero-order valence-electron chi connectivity index (χ0n) is 22.0. The van der Waals surface area contributed by atoms with Crippen LogP contribution in [-0.4, -0.2) is 23.3 Å². The molecule has 3 aromatic rings. The first-order chi connectivity index (χ1) is 17.8. The van der Waals surface area contributed by atoms with E-state index in [9.17, 15) is 14.3 Å². The summed E-state index contributed by atoms with van der Waals surface area (Å²) >= 11 is 0. The molecule has 38 heavy (non-hydrogen) atoms. The van der Waals surface area contributed by atoms with Gasteiger partial charge in [0.05, 0.1) is 19.1 Å². The molecule has 5 nitrogen and oxygen atoms in total. The number of carboxylic acid groups (broad SMARTS) is 1. The van der Waals surface area contributed by atoms with Crippen LogP contribution < -0.4 is 4.74 Å². The molecule has 5 rings (SSSR count). The Balaban J connectivity index is 0.00000336. The number of allylic oxidation sites excluding steroid dienone is 2. The Labute approximate surface area is 229 Å². The van der Waals surface area contributed by atoms with Gasteiger partial charge in [-0.3, -0.25) is 4.79 Å². The second kappa shape index (κ2) is 11.2. The minimum atomic E-state index is -0.770. The summed E-state index contributed by atoms with van der Waals surface area (Å²) in [5.74, 6) is 0.416. The van der Waals surface area contributed by atoms with Crippen molar-refractivity contribution in [3.63, 3.8) is 0 Å². The van der Waals surface area contributed by atoms with Gasteiger partial charge in [-0.1, -0.05) is 55.4 Å². The summed E-state index contributed by atoms with van der Waals surface area (Å²) in [6.45, 7) is 4.37. The van der Waals surface area contributed by atoms with Gasteiger partial charge >= 0.3 is 5.97 Å². The van der Waals surface area contributed by atoms with E-state index in [-0.39, 0.29) is 37.1 Å². The van der Waals surface area contributed by atoms with Gasteiger partial charge in [0, 0.05) is 5.56 Å². The lowest BCUT2D eigenvalue weighted by Gasteiger charge is -2.22. The molecule has 0 saturated heterocycles. The smallest absolute Gasteiger partial charge is 0.303 e. The molecule has 0 radical (unpaired) electrons. The molecule has 1 N–H and O–H groups in total. The number of halogens is 1. The van der Waals surface area contributed by atoms with Crippen molar-refractivity contribution >= 4 is 37.2 Å². The van der Waals surface area contributed by atoms with Crippen molar-refractivity contribution in [3.8, 4) is 17.0 Å². The molecule has 1 aromatic heterocycles. The molecule has 0 aliphatic heterocycles. The van der Waals surface area contributed by atoms with Crippen molar-refractivity contribution in [2.24, 2.45) is 11.3 Å². The van der Waals surface area contributed by atoms with Crippen LogP contribution in [0.3, 0.4) is 0 Å². The lowest BCUT2D eigenvalue weighted by atomic mass is 9.80. The van der Waals surface area contributed by atoms with Crippen molar-refractivity contribution < 1.29 is 23.6 Å². The molecule has 0 unspecified atom stereocenters. The number of benzene rings is 2. The third-order valence-electron chi connectivity index (χ3n) is 7.61. The van der Waals surface area contributed by atoms with E-state index >= 15 is 0 Å². The Bertz CT molecular complexity index is 1390. The summed E-state index contributed by atoms with van der Waals surface area (Å²) in [5, 5.41) is 13.7. The van der Waals surface area contributed by atoms with E-state index < -0.39 is 5.97 Å². The molecule has 1 heterocycles. The number of aromatic nitrogens is 1. The van der Waals surface area contributed by atoms with Gasteiger partial charge in [-0.15, -0.1) is 0 Å². The molecule has 2 aliphatic carbocycles. The van der Waals surface area contributed by atoms with Crippen LogP contribution in [0, 0.1) is 17.2 Å². The highest BCUT2D eigenvalue weighted by Crippen LogP contribution is 2.49. The first-order valence-electron chi connectivity index (χ1n) is 12.8. The number of hydrogen-bond acceptors (Lipinski definition) is 4. The van der Waals surface area contributed by atoms with Gasteiger partial charge in [0.1, 0.15) is 17.3 Å². The lowest BCUT2D eigenvalue weighted by molar-refractivity contribution is -0.137. The van der Waals surface area contributed by atoms with Crippen LogP contribution in [-0.2, 0) is 4.79 Å². The standard InChI is InChI=1S/C31H32FNO4.H2S/c1-31(2)15-5-8-25(31)29-27(37-33-30(29)24-17-22(36-3)12-13-26(24)32)14-9-19-6-4-7-21(16-19)23(18-28(34)35)20-10-11-20;/h4,6-9,12-14,16-17,20,23H,5,10-11,15,18H2,1-3H3,(H,34,35);1H2/b14-9-;/t23-;/m0./s1. The highest BCUT2D eigenvalue weighted by molar-refractivity contribution is 7.59. The fourth-order valence-corrected chi connectivity index (χ4v) is 5.41. The molecule has 0 amide bonds. The first-order valence-corrected chi connectivity index (χ1v) is 12.8. The second-order valence-electron chi connectivity index (χ2n) is 10.7. The zero-order chi connectivity index (χ0) is 26.2. The second-order valence-corrected chi connectivity index (χ2v) is 10.7. The summed E-state index contributed by atoms with van der Waals surface area (Å²) in [4.78, 5) is 11.4. The first kappa shape index (κ1) is 27.7. The molecular weight excluding hydrogens is 501 g/mol. The summed E-state index contributed by atoms with van der Waals surface area (Å²) in [7, 11) is 1.55. The van der Waals surface area contributed by atoms with Crippen LogP contribution in [0.2, 0.25) is 0 Å². The van der Waals surface area contributed by atoms with Gasteiger partial charge in [-0.25, -0.2) is 4.39 Å². The minimum Gasteiger partial charge on any atom is -0.497 e. The highest BCUT2D eigenvalue weighted by Gasteiger charge is 2.35. The highest BCUT2D eigenvalue weighted by atomic mass is 32.1. The van der Waals surface area contributed by atoms with Gasteiger partial charge in [-0.2, -0.15) is 13.5 Å². The maximum absolute atomic E-state index is 15.0. The normalized spacial score (nSPS) is 17.2. The van der Waals surface area contributed by atoms with Crippen molar-refractivity contribution in [2.75, 3.05) is 7.11 Å². The molecule has 1 saturated carbocycles. The fraction of sp³-hybridized carbons (Fsp3) is 0.355. The summed E-state index contributed by atoms with van der Waals surface area (Å²) in [6.07, 6.45) is 10.2. The van der Waals surface area contributed by atoms with Gasteiger partial charge in [-0.05, 0) is 83.9 Å². The molecular formula is C31H34FNO4S. The predicted octanol–water partition coefficient (Wildman–Crippen LogP) is 7.94. The van der Waals surface area contributed by atoms with Crippen LogP contribution in [0.15, 0.2) is 53.1 Å². The number of nitrogens with zero attached hydrogens (tertiary/aromatic N) is 1. The maximum Gasteiger partial charge on any atom is 0.303 e. The SMILES string of the molecule is COc1ccc(F)c(-c2noc(/C=C\c3cccc([C@@H](CC(=O)O)C4CC4)c3)c2C2=CCCC2(C)C)c1.S. The third kappa shape index (κ3) is 5.73. The largest absolute Gasteiger partial charge is 0.497 e. The third-order valence-corrected chi connectivity index (χ3v) is 7.61. The minimum absolute atomic E-state index is 0. The molecule has 1 fully saturated rings. The van der Waals surface area contributed by atoms with E-state index in [1.807, 2.05) is 30.4 Å². The van der Waals surface area contributed by atoms with Gasteiger partial charge in [0.2, 0.25) is 0 Å². The van der Waals surface area contributed by atoms with E-state index in [0.717, 1.165) is 47.9 Å². The topological polar surface area (TPSA) is 72.6 Å². The van der Waals surface area contributed by atoms with Gasteiger partial charge in [0.25, 0.3) is 0 Å². The van der Waals surface area contributed by atoms with Crippen molar-refractivity contribution in [1.29, 1.82) is 0 Å². The predicted molar refractivity (Wildman–Crippen MR) is 153 cm³/mol. The van der Waals surface area contributed by atoms with Crippen LogP contribution in [0.4, 0.5) is 4.39 Å². The molecule has 200 valence electrons. The Morgan fingerprint density at radius 2 is 2.03 bits per heavy atom. The molecule has 2 aromatic carbocycles. The molecule has 0 spiro atoms.